The fourth-order valence-corrected chi connectivity index (χ4v) is 4.85. The molecule has 9 nitrogen and oxygen atoms in total. The van der Waals surface area contributed by atoms with Crippen LogP contribution in [0.5, 0.6) is 11.5 Å². The van der Waals surface area contributed by atoms with Crippen LogP contribution in [0.1, 0.15) is 42.1 Å². The van der Waals surface area contributed by atoms with Crippen LogP contribution in [-0.2, 0) is 10.4 Å². The number of aliphatic hydroxyl groups excluding tert-OH is 1. The van der Waals surface area contributed by atoms with E-state index in [4.69, 9.17) is 16.3 Å². The molecule has 210 valence electrons. The smallest absolute Gasteiger partial charge is 0.345 e. The largest absolute Gasteiger partial charge is 0.506 e. The standard InChI is InChI=1S/C30H31ClN2O7/c31-24-10-3-2-9-23(24)30(39,29(37)38)19-7-6-8-20(17-19)40-16-5-1-4-15-32-18-26(35)21-11-13-25(34)28-22(21)12-14-27(36)33-28/h2-3,6-14,17,26,32,34-35,39H,1,4-5,15-16,18H2,(H,33,36)(H,37,38)/t26-,30?/m0/s1. The molecule has 0 aliphatic rings. The van der Waals surface area contributed by atoms with Crippen LogP contribution in [0.2, 0.25) is 5.02 Å². The lowest BCUT2D eigenvalue weighted by molar-refractivity contribution is -0.155. The summed E-state index contributed by atoms with van der Waals surface area (Å²) < 4.78 is 5.81. The second-order valence-electron chi connectivity index (χ2n) is 9.44. The zero-order valence-electron chi connectivity index (χ0n) is 21.6. The van der Waals surface area contributed by atoms with Crippen LogP contribution in [0, 0.1) is 0 Å². The van der Waals surface area contributed by atoms with Gasteiger partial charge in [-0.15, -0.1) is 0 Å². The van der Waals surface area contributed by atoms with E-state index in [1.165, 1.54) is 36.4 Å². The molecule has 10 heteroatoms. The molecule has 0 fully saturated rings. The van der Waals surface area contributed by atoms with E-state index in [0.717, 1.165) is 19.3 Å². The van der Waals surface area contributed by atoms with Gasteiger partial charge < -0.3 is 35.5 Å². The lowest BCUT2D eigenvalue weighted by Gasteiger charge is -2.26. The third kappa shape index (κ3) is 6.46. The molecule has 6 N–H and O–H groups in total. The fourth-order valence-electron chi connectivity index (χ4n) is 4.58. The number of unbranched alkanes of at least 4 members (excludes halogenated alkanes) is 2. The van der Waals surface area contributed by atoms with Gasteiger partial charge in [0.25, 0.3) is 0 Å². The Balaban J connectivity index is 1.23. The number of aliphatic carboxylic acids is 1. The molecule has 1 aromatic heterocycles. The van der Waals surface area contributed by atoms with Crippen molar-refractivity contribution >= 4 is 28.5 Å². The summed E-state index contributed by atoms with van der Waals surface area (Å²) in [5, 5.41) is 45.6. The number of phenols is 1. The lowest BCUT2D eigenvalue weighted by atomic mass is 9.86. The average molecular weight is 567 g/mol. The Kier molecular flexibility index (Phi) is 9.44. The number of ether oxygens (including phenoxy) is 1. The molecule has 0 amide bonds. The molecule has 0 aliphatic carbocycles. The highest BCUT2D eigenvalue weighted by atomic mass is 35.5. The van der Waals surface area contributed by atoms with Gasteiger partial charge in [-0.1, -0.05) is 48.0 Å². The molecule has 0 bridgehead atoms. The first-order chi connectivity index (χ1) is 19.2. The number of aliphatic hydroxyl groups is 2. The third-order valence-corrected chi connectivity index (χ3v) is 7.02. The number of halogens is 1. The molecule has 0 saturated carbocycles. The zero-order valence-corrected chi connectivity index (χ0v) is 22.4. The number of H-pyrrole nitrogens is 1. The number of pyridine rings is 1. The van der Waals surface area contributed by atoms with Crippen molar-refractivity contribution < 1.29 is 30.0 Å². The number of aromatic hydroxyl groups is 1. The Morgan fingerprint density at radius 2 is 1.82 bits per heavy atom. The molecule has 0 radical (unpaired) electrons. The first-order valence-electron chi connectivity index (χ1n) is 12.9. The maximum atomic E-state index is 12.1. The highest BCUT2D eigenvalue weighted by molar-refractivity contribution is 6.31. The minimum absolute atomic E-state index is 0.0521. The number of aromatic amines is 1. The molecular weight excluding hydrogens is 536 g/mol. The lowest BCUT2D eigenvalue weighted by Crippen LogP contribution is -2.37. The van der Waals surface area contributed by atoms with Crippen molar-refractivity contribution in [2.45, 2.75) is 31.0 Å². The zero-order chi connectivity index (χ0) is 28.7. The predicted molar refractivity (Wildman–Crippen MR) is 152 cm³/mol. The summed E-state index contributed by atoms with van der Waals surface area (Å²) in [6.07, 6.45) is 1.62. The molecular formula is C30H31ClN2O7. The van der Waals surface area contributed by atoms with Crippen molar-refractivity contribution in [1.29, 1.82) is 0 Å². The van der Waals surface area contributed by atoms with Crippen LogP contribution >= 0.6 is 11.6 Å². The van der Waals surface area contributed by atoms with E-state index >= 15 is 0 Å². The number of carbonyl (C=O) groups is 1. The number of carboxylic acid groups (broad SMARTS) is 1. The molecule has 4 rings (SSSR count). The average Bonchev–Trinajstić information content (AvgIpc) is 2.94. The maximum Gasteiger partial charge on any atom is 0.345 e. The van der Waals surface area contributed by atoms with Crippen LogP contribution in [0.25, 0.3) is 10.9 Å². The number of hydrogen-bond donors (Lipinski definition) is 6. The second-order valence-corrected chi connectivity index (χ2v) is 9.84. The maximum absolute atomic E-state index is 12.1. The Bertz CT molecular complexity index is 1540. The minimum Gasteiger partial charge on any atom is -0.506 e. The van der Waals surface area contributed by atoms with E-state index in [9.17, 15) is 30.0 Å². The van der Waals surface area contributed by atoms with Gasteiger partial charge in [-0.2, -0.15) is 0 Å². The second kappa shape index (κ2) is 13.0. The first-order valence-corrected chi connectivity index (χ1v) is 13.3. The topological polar surface area (TPSA) is 152 Å². The van der Waals surface area contributed by atoms with Crippen LogP contribution in [-0.4, -0.2) is 51.1 Å². The van der Waals surface area contributed by atoms with Crippen molar-refractivity contribution in [3.05, 3.63) is 105 Å². The minimum atomic E-state index is -2.32. The van der Waals surface area contributed by atoms with E-state index in [1.807, 2.05) is 0 Å². The normalized spacial score (nSPS) is 13.6. The Morgan fingerprint density at radius 3 is 2.60 bits per heavy atom. The van der Waals surface area contributed by atoms with Crippen LogP contribution < -0.4 is 15.6 Å². The Labute approximate surface area is 235 Å². The quantitative estimate of drug-likeness (QED) is 0.132. The van der Waals surface area contributed by atoms with Crippen LogP contribution in [0.15, 0.2) is 77.6 Å². The summed E-state index contributed by atoms with van der Waals surface area (Å²) in [4.78, 5) is 26.3. The number of fused-ring (bicyclic) bond motifs is 1. The third-order valence-electron chi connectivity index (χ3n) is 6.70. The highest BCUT2D eigenvalue weighted by Gasteiger charge is 2.42. The molecule has 1 heterocycles. The predicted octanol–water partition coefficient (Wildman–Crippen LogP) is 4.08. The molecule has 0 spiro atoms. The SMILES string of the molecule is O=C(O)C(O)(c1cccc(OCCCCCNC[C@H](O)c2ccc(O)c3[nH]c(=O)ccc23)c1)c1ccccc1Cl. The molecule has 0 saturated heterocycles. The summed E-state index contributed by atoms with van der Waals surface area (Å²) in [5.74, 6) is -1.06. The van der Waals surface area contributed by atoms with E-state index in [2.05, 4.69) is 10.3 Å². The number of aromatic nitrogens is 1. The summed E-state index contributed by atoms with van der Waals surface area (Å²) in [7, 11) is 0. The van der Waals surface area contributed by atoms with Gasteiger partial charge in [-0.05, 0) is 61.7 Å². The van der Waals surface area contributed by atoms with E-state index in [1.54, 1.807) is 36.4 Å². The summed E-state index contributed by atoms with van der Waals surface area (Å²) >= 11 is 6.18. The van der Waals surface area contributed by atoms with Crippen molar-refractivity contribution in [2.24, 2.45) is 0 Å². The van der Waals surface area contributed by atoms with Crippen molar-refractivity contribution in [3.63, 3.8) is 0 Å². The van der Waals surface area contributed by atoms with Gasteiger partial charge in [0.15, 0.2) is 0 Å². The van der Waals surface area contributed by atoms with Gasteiger partial charge in [0.2, 0.25) is 11.2 Å². The molecule has 1 unspecified atom stereocenters. The molecule has 3 aromatic carbocycles. The summed E-state index contributed by atoms with van der Waals surface area (Å²) in [5.41, 5.74) is -1.53. The van der Waals surface area contributed by atoms with E-state index < -0.39 is 17.7 Å². The number of nitrogens with one attached hydrogen (secondary N) is 2. The summed E-state index contributed by atoms with van der Waals surface area (Å²) in [6, 6.07) is 18.7. The molecule has 2 atom stereocenters. The van der Waals surface area contributed by atoms with Crippen molar-refractivity contribution in [2.75, 3.05) is 19.7 Å². The molecule has 40 heavy (non-hydrogen) atoms. The van der Waals surface area contributed by atoms with Crippen molar-refractivity contribution in [3.8, 4) is 11.5 Å². The Morgan fingerprint density at radius 1 is 1.02 bits per heavy atom. The molecule has 0 aliphatic heterocycles. The highest BCUT2D eigenvalue weighted by Crippen LogP contribution is 2.36. The first kappa shape index (κ1) is 29.1. The van der Waals surface area contributed by atoms with E-state index in [0.29, 0.717) is 41.9 Å². The van der Waals surface area contributed by atoms with Gasteiger partial charge in [-0.25, -0.2) is 4.79 Å². The molecule has 4 aromatic rings. The number of rotatable bonds is 13. The van der Waals surface area contributed by atoms with Gasteiger partial charge >= 0.3 is 5.97 Å². The van der Waals surface area contributed by atoms with E-state index in [-0.39, 0.29) is 27.5 Å². The van der Waals surface area contributed by atoms with Crippen LogP contribution in [0.3, 0.4) is 0 Å². The number of hydrogen-bond acceptors (Lipinski definition) is 7. The van der Waals surface area contributed by atoms with Gasteiger partial charge in [0.1, 0.15) is 11.5 Å². The number of carboxylic acids is 1. The fraction of sp³-hybridized carbons (Fsp3) is 0.267. The Hall–Kier alpha value is -3.89. The monoisotopic (exact) mass is 566 g/mol. The van der Waals surface area contributed by atoms with Crippen LogP contribution in [0.4, 0.5) is 0 Å². The van der Waals surface area contributed by atoms with Gasteiger partial charge in [0, 0.05) is 34.1 Å². The van der Waals surface area contributed by atoms with Gasteiger partial charge in [-0.3, -0.25) is 4.79 Å². The summed E-state index contributed by atoms with van der Waals surface area (Å²) in [6.45, 7) is 1.38. The van der Waals surface area contributed by atoms with Gasteiger partial charge in [0.05, 0.1) is 18.2 Å². The van der Waals surface area contributed by atoms with Crippen molar-refractivity contribution in [1.82, 2.24) is 10.3 Å². The number of benzene rings is 3. The number of phenolic OH excluding ortho intramolecular Hbond substituents is 1.